The molecule has 1 aromatic heterocycles. The van der Waals surface area contributed by atoms with Crippen molar-refractivity contribution in [1.29, 1.82) is 0 Å². The maximum Gasteiger partial charge on any atom is 0.272 e. The number of benzene rings is 1. The van der Waals surface area contributed by atoms with E-state index in [4.69, 9.17) is 11.6 Å². The summed E-state index contributed by atoms with van der Waals surface area (Å²) >= 11 is 5.70. The lowest BCUT2D eigenvalue weighted by molar-refractivity contribution is 0.0529. The molecule has 3 rings (SSSR count). The lowest BCUT2D eigenvalue weighted by Gasteiger charge is -2.34. The molecule has 1 aliphatic heterocycles. The first-order valence-corrected chi connectivity index (χ1v) is 7.88. The minimum absolute atomic E-state index is 0.0103. The Morgan fingerprint density at radius 3 is 2.25 bits per heavy atom. The van der Waals surface area contributed by atoms with E-state index in [1.807, 2.05) is 0 Å². The van der Waals surface area contributed by atoms with Crippen molar-refractivity contribution < 1.29 is 14.0 Å². The largest absolute Gasteiger partial charge is 0.335 e. The van der Waals surface area contributed by atoms with Gasteiger partial charge in [0, 0.05) is 37.4 Å². The van der Waals surface area contributed by atoms with Crippen molar-refractivity contribution in [2.24, 2.45) is 0 Å². The molecule has 7 heteroatoms. The van der Waals surface area contributed by atoms with Crippen LogP contribution in [0.2, 0.25) is 5.02 Å². The highest BCUT2D eigenvalue weighted by Gasteiger charge is 2.27. The van der Waals surface area contributed by atoms with Gasteiger partial charge in [-0.15, -0.1) is 0 Å². The smallest absolute Gasteiger partial charge is 0.272 e. The molecule has 0 spiro atoms. The predicted octanol–water partition coefficient (Wildman–Crippen LogP) is 2.47. The third-order valence-corrected chi connectivity index (χ3v) is 4.13. The lowest BCUT2D eigenvalue weighted by atomic mass is 10.1. The minimum atomic E-state index is -0.639. The molecule has 2 amide bonds. The zero-order chi connectivity index (χ0) is 17.1. The van der Waals surface area contributed by atoms with Crippen molar-refractivity contribution in [2.75, 3.05) is 26.2 Å². The van der Waals surface area contributed by atoms with Gasteiger partial charge in [-0.2, -0.15) is 0 Å². The van der Waals surface area contributed by atoms with Crippen LogP contribution in [0.15, 0.2) is 42.6 Å². The van der Waals surface area contributed by atoms with Crippen molar-refractivity contribution in [2.45, 2.75) is 0 Å². The standard InChI is InChI=1S/C17H15ClFN3O2/c18-12-4-5-13(14(19)11-12)16(23)21-7-9-22(10-8-21)17(24)15-3-1-2-6-20-15/h1-6,11H,7-10H2. The van der Waals surface area contributed by atoms with Crippen LogP contribution in [0.3, 0.4) is 0 Å². The molecule has 24 heavy (non-hydrogen) atoms. The normalized spacial score (nSPS) is 14.6. The average molecular weight is 348 g/mol. The van der Waals surface area contributed by atoms with Crippen LogP contribution in [0.1, 0.15) is 20.8 Å². The fourth-order valence-corrected chi connectivity index (χ4v) is 2.76. The molecule has 0 unspecified atom stereocenters. The summed E-state index contributed by atoms with van der Waals surface area (Å²) in [6.45, 7) is 1.46. The number of hydrogen-bond donors (Lipinski definition) is 0. The second kappa shape index (κ2) is 6.97. The maximum absolute atomic E-state index is 13.9. The molecule has 0 saturated carbocycles. The molecule has 2 aromatic rings. The number of carbonyl (C=O) groups excluding carboxylic acids is 2. The molecule has 0 bridgehead atoms. The van der Waals surface area contributed by atoms with Crippen molar-refractivity contribution in [3.63, 3.8) is 0 Å². The van der Waals surface area contributed by atoms with Gasteiger partial charge in [0.05, 0.1) is 5.56 Å². The summed E-state index contributed by atoms with van der Waals surface area (Å²) in [5.74, 6) is -1.20. The van der Waals surface area contributed by atoms with E-state index in [9.17, 15) is 14.0 Å². The first kappa shape index (κ1) is 16.4. The summed E-state index contributed by atoms with van der Waals surface area (Å²) < 4.78 is 13.9. The molecule has 0 aliphatic carbocycles. The summed E-state index contributed by atoms with van der Waals surface area (Å²) in [5.41, 5.74) is 0.366. The highest BCUT2D eigenvalue weighted by Crippen LogP contribution is 2.17. The van der Waals surface area contributed by atoms with E-state index in [1.165, 1.54) is 17.0 Å². The Kier molecular flexibility index (Phi) is 4.76. The van der Waals surface area contributed by atoms with Crippen molar-refractivity contribution >= 4 is 23.4 Å². The summed E-state index contributed by atoms with van der Waals surface area (Å²) in [7, 11) is 0. The molecule has 1 aliphatic rings. The predicted molar refractivity (Wildman–Crippen MR) is 87.5 cm³/mol. The Morgan fingerprint density at radius 2 is 1.67 bits per heavy atom. The second-order valence-electron chi connectivity index (χ2n) is 5.42. The molecule has 5 nitrogen and oxygen atoms in total. The fourth-order valence-electron chi connectivity index (χ4n) is 2.60. The van der Waals surface area contributed by atoms with Crippen LogP contribution in [-0.2, 0) is 0 Å². The number of halogens is 2. The molecule has 1 fully saturated rings. The van der Waals surface area contributed by atoms with Gasteiger partial charge < -0.3 is 9.80 Å². The number of aromatic nitrogens is 1. The third-order valence-electron chi connectivity index (χ3n) is 3.90. The van der Waals surface area contributed by atoms with E-state index >= 15 is 0 Å². The van der Waals surface area contributed by atoms with E-state index in [0.29, 0.717) is 31.9 Å². The SMILES string of the molecule is O=C(c1ccccn1)N1CCN(C(=O)c2ccc(Cl)cc2F)CC1. The Hall–Kier alpha value is -2.47. The van der Waals surface area contributed by atoms with Crippen LogP contribution >= 0.6 is 11.6 Å². The number of nitrogens with zero attached hydrogens (tertiary/aromatic N) is 3. The number of pyridine rings is 1. The van der Waals surface area contributed by atoms with Crippen LogP contribution < -0.4 is 0 Å². The first-order valence-electron chi connectivity index (χ1n) is 7.51. The van der Waals surface area contributed by atoms with E-state index < -0.39 is 11.7 Å². The van der Waals surface area contributed by atoms with Crippen LogP contribution in [0.25, 0.3) is 0 Å². The average Bonchev–Trinajstić information content (AvgIpc) is 2.61. The van der Waals surface area contributed by atoms with Crippen molar-refractivity contribution in [3.05, 3.63) is 64.7 Å². The van der Waals surface area contributed by atoms with E-state index in [2.05, 4.69) is 4.98 Å². The number of carbonyl (C=O) groups is 2. The molecular formula is C17H15ClFN3O2. The molecular weight excluding hydrogens is 333 g/mol. The second-order valence-corrected chi connectivity index (χ2v) is 5.86. The van der Waals surface area contributed by atoms with Gasteiger partial charge >= 0.3 is 0 Å². The van der Waals surface area contributed by atoms with Crippen LogP contribution in [0.4, 0.5) is 4.39 Å². The van der Waals surface area contributed by atoms with Crippen LogP contribution in [-0.4, -0.2) is 52.8 Å². The summed E-state index contributed by atoms with van der Waals surface area (Å²) in [4.78, 5) is 31.9. The van der Waals surface area contributed by atoms with Gasteiger partial charge in [-0.1, -0.05) is 17.7 Å². The Labute approximate surface area is 143 Å². The number of piperazine rings is 1. The molecule has 1 saturated heterocycles. The topological polar surface area (TPSA) is 53.5 Å². The Bertz CT molecular complexity index is 762. The highest BCUT2D eigenvalue weighted by atomic mass is 35.5. The number of amides is 2. The van der Waals surface area contributed by atoms with Gasteiger partial charge in [-0.3, -0.25) is 14.6 Å². The van der Waals surface area contributed by atoms with Crippen molar-refractivity contribution in [1.82, 2.24) is 14.8 Å². The molecule has 1 aromatic carbocycles. The van der Waals surface area contributed by atoms with Gasteiger partial charge in [-0.25, -0.2) is 4.39 Å². The lowest BCUT2D eigenvalue weighted by Crippen LogP contribution is -2.50. The monoisotopic (exact) mass is 347 g/mol. The van der Waals surface area contributed by atoms with E-state index in [1.54, 1.807) is 29.3 Å². The molecule has 124 valence electrons. The third kappa shape index (κ3) is 3.38. The Morgan fingerprint density at radius 1 is 1.00 bits per heavy atom. The molecule has 2 heterocycles. The summed E-state index contributed by atoms with van der Waals surface area (Å²) in [6.07, 6.45) is 1.57. The van der Waals surface area contributed by atoms with E-state index in [0.717, 1.165) is 6.07 Å². The molecule has 0 atom stereocenters. The van der Waals surface area contributed by atoms with Gasteiger partial charge in [0.1, 0.15) is 11.5 Å². The summed E-state index contributed by atoms with van der Waals surface area (Å²) in [6, 6.07) is 9.14. The first-order chi connectivity index (χ1) is 11.6. The van der Waals surface area contributed by atoms with Crippen molar-refractivity contribution in [3.8, 4) is 0 Å². The van der Waals surface area contributed by atoms with Gasteiger partial charge in [0.15, 0.2) is 0 Å². The summed E-state index contributed by atoms with van der Waals surface area (Å²) in [5, 5.41) is 0.245. The quantitative estimate of drug-likeness (QED) is 0.838. The van der Waals surface area contributed by atoms with Gasteiger partial charge in [0.25, 0.3) is 11.8 Å². The maximum atomic E-state index is 13.9. The van der Waals surface area contributed by atoms with Gasteiger partial charge in [-0.05, 0) is 30.3 Å². The number of hydrogen-bond acceptors (Lipinski definition) is 3. The van der Waals surface area contributed by atoms with Crippen LogP contribution in [0, 0.1) is 5.82 Å². The molecule has 0 N–H and O–H groups in total. The highest BCUT2D eigenvalue weighted by molar-refractivity contribution is 6.30. The van der Waals surface area contributed by atoms with Gasteiger partial charge in [0.2, 0.25) is 0 Å². The molecule has 0 radical (unpaired) electrons. The van der Waals surface area contributed by atoms with E-state index in [-0.39, 0.29) is 16.5 Å². The number of rotatable bonds is 2. The van der Waals surface area contributed by atoms with Crippen LogP contribution in [0.5, 0.6) is 0 Å². The fraction of sp³-hybridized carbons (Fsp3) is 0.235. The zero-order valence-electron chi connectivity index (χ0n) is 12.8. The Balaban J connectivity index is 1.64. The minimum Gasteiger partial charge on any atom is -0.335 e. The zero-order valence-corrected chi connectivity index (χ0v) is 13.5.